The third kappa shape index (κ3) is 6.31. The lowest BCUT2D eigenvalue weighted by molar-refractivity contribution is -0.141. The van der Waals surface area contributed by atoms with Gasteiger partial charge in [0.1, 0.15) is 6.04 Å². The number of carbonyl (C=O) groups is 3. The molecule has 29 heavy (non-hydrogen) atoms. The van der Waals surface area contributed by atoms with Crippen molar-refractivity contribution in [3.63, 3.8) is 0 Å². The third-order valence-electron chi connectivity index (χ3n) is 5.63. The smallest absolute Gasteiger partial charge is 0.251 e. The van der Waals surface area contributed by atoms with Crippen LogP contribution in [0.2, 0.25) is 0 Å². The Bertz CT molecular complexity index is 682. The zero-order valence-corrected chi connectivity index (χ0v) is 18.2. The molecule has 1 atom stereocenters. The van der Waals surface area contributed by atoms with Gasteiger partial charge in [0, 0.05) is 38.2 Å². The van der Waals surface area contributed by atoms with Crippen molar-refractivity contribution in [3.05, 3.63) is 35.9 Å². The van der Waals surface area contributed by atoms with Gasteiger partial charge in [0.25, 0.3) is 5.91 Å². The van der Waals surface area contributed by atoms with Crippen molar-refractivity contribution >= 4 is 17.7 Å². The van der Waals surface area contributed by atoms with Gasteiger partial charge in [-0.25, -0.2) is 0 Å². The summed E-state index contributed by atoms with van der Waals surface area (Å²) in [6, 6.07) is 8.38. The van der Waals surface area contributed by atoms with Gasteiger partial charge in [-0.05, 0) is 37.3 Å². The van der Waals surface area contributed by atoms with E-state index in [0.717, 1.165) is 19.4 Å². The van der Waals surface area contributed by atoms with Crippen LogP contribution in [0, 0.1) is 11.8 Å². The molecule has 0 bridgehead atoms. The van der Waals surface area contributed by atoms with Crippen molar-refractivity contribution in [2.45, 2.75) is 52.5 Å². The molecular weight excluding hydrogens is 366 g/mol. The maximum atomic E-state index is 13.1. The molecule has 0 spiro atoms. The molecule has 1 aromatic carbocycles. The van der Waals surface area contributed by atoms with Crippen LogP contribution in [0.4, 0.5) is 0 Å². The molecule has 0 saturated carbocycles. The minimum absolute atomic E-state index is 0.0164. The zero-order chi connectivity index (χ0) is 21.4. The van der Waals surface area contributed by atoms with Gasteiger partial charge in [0.05, 0.1) is 0 Å². The van der Waals surface area contributed by atoms with Crippen LogP contribution in [-0.2, 0) is 9.59 Å². The summed E-state index contributed by atoms with van der Waals surface area (Å²) in [6.45, 7) is 7.89. The number of nitrogens with zero attached hydrogens (tertiary/aromatic N) is 2. The van der Waals surface area contributed by atoms with Crippen LogP contribution in [0.1, 0.15) is 56.8 Å². The normalized spacial score (nSPS) is 15.8. The number of piperidine rings is 1. The van der Waals surface area contributed by atoms with E-state index in [1.54, 1.807) is 29.2 Å². The lowest BCUT2D eigenvalue weighted by atomic mass is 9.93. The van der Waals surface area contributed by atoms with Crippen LogP contribution in [0.15, 0.2) is 30.3 Å². The van der Waals surface area contributed by atoms with Crippen LogP contribution in [0.3, 0.4) is 0 Å². The molecule has 0 aliphatic carbocycles. The predicted octanol–water partition coefficient (Wildman–Crippen LogP) is 2.94. The summed E-state index contributed by atoms with van der Waals surface area (Å²) in [5, 5.41) is 2.90. The first-order valence-electron chi connectivity index (χ1n) is 10.7. The summed E-state index contributed by atoms with van der Waals surface area (Å²) in [4.78, 5) is 41.8. The second-order valence-corrected chi connectivity index (χ2v) is 8.27. The van der Waals surface area contributed by atoms with E-state index in [1.165, 1.54) is 0 Å². The van der Waals surface area contributed by atoms with Crippen molar-refractivity contribution in [2.24, 2.45) is 11.8 Å². The fourth-order valence-corrected chi connectivity index (χ4v) is 3.69. The van der Waals surface area contributed by atoms with Gasteiger partial charge in [0.15, 0.2) is 0 Å². The Kier molecular flexibility index (Phi) is 8.68. The highest BCUT2D eigenvalue weighted by Gasteiger charge is 2.33. The van der Waals surface area contributed by atoms with Crippen LogP contribution in [0.5, 0.6) is 0 Å². The standard InChI is InChI=1S/C23H35N3O3/c1-5-6-14-25(4)22(28)19-12-15-26(16-13-19)23(29)20(17(2)3)24-21(27)18-10-8-7-9-11-18/h7-11,17,19-20H,5-6,12-16H2,1-4H3,(H,24,27). The SMILES string of the molecule is CCCCN(C)C(=O)C1CCN(C(=O)C(NC(=O)c2ccccc2)C(C)C)CC1. The Morgan fingerprint density at radius 1 is 1.14 bits per heavy atom. The van der Waals surface area contributed by atoms with Crippen molar-refractivity contribution < 1.29 is 14.4 Å². The van der Waals surface area contributed by atoms with E-state index in [9.17, 15) is 14.4 Å². The molecule has 1 aromatic rings. The van der Waals surface area contributed by atoms with Crippen molar-refractivity contribution in [1.82, 2.24) is 15.1 Å². The Morgan fingerprint density at radius 2 is 1.76 bits per heavy atom. The highest BCUT2D eigenvalue weighted by atomic mass is 16.2. The number of rotatable bonds is 8. The summed E-state index contributed by atoms with van der Waals surface area (Å²) in [5.41, 5.74) is 0.547. The molecule has 1 heterocycles. The van der Waals surface area contributed by atoms with Crippen LogP contribution < -0.4 is 5.32 Å². The molecular formula is C23H35N3O3. The molecule has 0 radical (unpaired) electrons. The molecule has 160 valence electrons. The number of likely N-dealkylation sites (tertiary alicyclic amines) is 1. The van der Waals surface area contributed by atoms with Crippen molar-refractivity contribution in [2.75, 3.05) is 26.7 Å². The van der Waals surface area contributed by atoms with E-state index >= 15 is 0 Å². The van der Waals surface area contributed by atoms with E-state index in [0.29, 0.717) is 31.5 Å². The summed E-state index contributed by atoms with van der Waals surface area (Å²) >= 11 is 0. The first kappa shape index (κ1) is 22.9. The van der Waals surface area contributed by atoms with Gasteiger partial charge < -0.3 is 15.1 Å². The van der Waals surface area contributed by atoms with E-state index in [-0.39, 0.29) is 29.6 Å². The van der Waals surface area contributed by atoms with E-state index in [2.05, 4.69) is 12.2 Å². The Hall–Kier alpha value is -2.37. The monoisotopic (exact) mass is 401 g/mol. The van der Waals surface area contributed by atoms with Gasteiger partial charge in [-0.1, -0.05) is 45.4 Å². The quantitative estimate of drug-likeness (QED) is 0.728. The molecule has 1 fully saturated rings. The number of carbonyl (C=O) groups excluding carboxylic acids is 3. The van der Waals surface area contributed by atoms with E-state index in [1.807, 2.05) is 31.9 Å². The summed E-state index contributed by atoms with van der Waals surface area (Å²) in [6.07, 6.45) is 3.43. The lowest BCUT2D eigenvalue weighted by Crippen LogP contribution is -2.53. The number of nitrogens with one attached hydrogen (secondary N) is 1. The van der Waals surface area contributed by atoms with Gasteiger partial charge >= 0.3 is 0 Å². The molecule has 3 amide bonds. The van der Waals surface area contributed by atoms with Crippen LogP contribution >= 0.6 is 0 Å². The number of hydrogen-bond donors (Lipinski definition) is 1. The summed E-state index contributed by atoms with van der Waals surface area (Å²) < 4.78 is 0. The molecule has 1 saturated heterocycles. The fraction of sp³-hybridized carbons (Fsp3) is 0.609. The molecule has 6 nitrogen and oxygen atoms in total. The Balaban J connectivity index is 1.93. The molecule has 1 unspecified atom stereocenters. The highest BCUT2D eigenvalue weighted by Crippen LogP contribution is 2.21. The Morgan fingerprint density at radius 3 is 2.31 bits per heavy atom. The van der Waals surface area contributed by atoms with Gasteiger partial charge in [0.2, 0.25) is 11.8 Å². The van der Waals surface area contributed by atoms with Gasteiger partial charge in [-0.2, -0.15) is 0 Å². The third-order valence-corrected chi connectivity index (χ3v) is 5.63. The first-order chi connectivity index (χ1) is 13.8. The van der Waals surface area contributed by atoms with Crippen molar-refractivity contribution in [3.8, 4) is 0 Å². The molecule has 1 N–H and O–H groups in total. The maximum absolute atomic E-state index is 13.1. The molecule has 2 rings (SSSR count). The average Bonchev–Trinajstić information content (AvgIpc) is 2.75. The van der Waals surface area contributed by atoms with E-state index in [4.69, 9.17) is 0 Å². The van der Waals surface area contributed by atoms with E-state index < -0.39 is 6.04 Å². The van der Waals surface area contributed by atoms with Crippen LogP contribution in [0.25, 0.3) is 0 Å². The lowest BCUT2D eigenvalue weighted by Gasteiger charge is -2.36. The second kappa shape index (κ2) is 11.0. The maximum Gasteiger partial charge on any atom is 0.251 e. The number of hydrogen-bond acceptors (Lipinski definition) is 3. The van der Waals surface area contributed by atoms with Gasteiger partial charge in [-0.3, -0.25) is 14.4 Å². The second-order valence-electron chi connectivity index (χ2n) is 8.27. The number of benzene rings is 1. The summed E-state index contributed by atoms with van der Waals surface area (Å²) in [5.74, 6) is -0.148. The number of unbranched alkanes of at least 4 members (excludes halogenated alkanes) is 1. The zero-order valence-electron chi connectivity index (χ0n) is 18.2. The summed E-state index contributed by atoms with van der Waals surface area (Å²) in [7, 11) is 1.86. The number of amides is 3. The topological polar surface area (TPSA) is 69.7 Å². The Labute approximate surface area is 174 Å². The molecule has 0 aromatic heterocycles. The molecule has 1 aliphatic heterocycles. The molecule has 1 aliphatic rings. The predicted molar refractivity (Wildman–Crippen MR) is 114 cm³/mol. The van der Waals surface area contributed by atoms with Gasteiger partial charge in [-0.15, -0.1) is 0 Å². The van der Waals surface area contributed by atoms with Crippen molar-refractivity contribution in [1.29, 1.82) is 0 Å². The largest absolute Gasteiger partial charge is 0.346 e. The highest BCUT2D eigenvalue weighted by molar-refractivity contribution is 5.97. The first-order valence-corrected chi connectivity index (χ1v) is 10.7. The minimum atomic E-state index is -0.567. The average molecular weight is 402 g/mol. The van der Waals surface area contributed by atoms with Crippen LogP contribution in [-0.4, -0.2) is 60.2 Å². The molecule has 6 heteroatoms. The fourth-order valence-electron chi connectivity index (χ4n) is 3.69. The minimum Gasteiger partial charge on any atom is -0.346 e.